The molecular weight excluding hydrogens is 226 g/mol. The van der Waals surface area contributed by atoms with Gasteiger partial charge in [-0.05, 0) is 30.9 Å². The van der Waals surface area contributed by atoms with Gasteiger partial charge in [-0.25, -0.2) is 0 Å². The molecule has 0 aliphatic heterocycles. The average Bonchev–Trinajstić information content (AvgIpc) is 2.83. The Morgan fingerprint density at radius 1 is 1.50 bits per heavy atom. The molecule has 0 saturated heterocycles. The van der Waals surface area contributed by atoms with Crippen LogP contribution in [0.15, 0.2) is 18.3 Å². The predicted octanol–water partition coefficient (Wildman–Crippen LogP) is 1.66. The van der Waals surface area contributed by atoms with Crippen molar-refractivity contribution in [2.24, 2.45) is 18.7 Å². The van der Waals surface area contributed by atoms with Crippen LogP contribution in [-0.2, 0) is 7.05 Å². The number of aryl methyl sites for hydroxylation is 1. The second-order valence-corrected chi connectivity index (χ2v) is 5.22. The van der Waals surface area contributed by atoms with Gasteiger partial charge in [0, 0.05) is 25.8 Å². The fourth-order valence-electron chi connectivity index (χ4n) is 2.85. The van der Waals surface area contributed by atoms with E-state index in [0.717, 1.165) is 0 Å². The van der Waals surface area contributed by atoms with Crippen molar-refractivity contribution in [2.45, 2.75) is 38.1 Å². The molecule has 1 fully saturated rings. The van der Waals surface area contributed by atoms with Crippen molar-refractivity contribution in [3.8, 4) is 0 Å². The molecule has 100 valence electrons. The first-order chi connectivity index (χ1) is 8.72. The van der Waals surface area contributed by atoms with Crippen LogP contribution in [0.1, 0.15) is 42.6 Å². The fraction of sp³-hybridized carbons (Fsp3) is 0.643. The van der Waals surface area contributed by atoms with Crippen LogP contribution in [0.4, 0.5) is 0 Å². The van der Waals surface area contributed by atoms with Gasteiger partial charge in [-0.3, -0.25) is 4.79 Å². The summed E-state index contributed by atoms with van der Waals surface area (Å²) < 4.78 is 1.84. The molecular formula is C14H23N3O. The molecule has 3 N–H and O–H groups in total. The number of hydrogen-bond donors (Lipinski definition) is 2. The molecule has 0 radical (unpaired) electrons. The molecule has 4 nitrogen and oxygen atoms in total. The topological polar surface area (TPSA) is 60.0 Å². The van der Waals surface area contributed by atoms with E-state index in [2.05, 4.69) is 5.32 Å². The first-order valence-corrected chi connectivity index (χ1v) is 6.84. The van der Waals surface area contributed by atoms with Crippen LogP contribution in [-0.4, -0.2) is 23.1 Å². The summed E-state index contributed by atoms with van der Waals surface area (Å²) >= 11 is 0. The SMILES string of the molecule is Cn1cccc1C(=O)NC(CN)C1CCCCC1. The van der Waals surface area contributed by atoms with Crippen molar-refractivity contribution >= 4 is 5.91 Å². The zero-order valence-corrected chi connectivity index (χ0v) is 11.1. The molecule has 0 aromatic carbocycles. The summed E-state index contributed by atoms with van der Waals surface area (Å²) in [5, 5.41) is 3.09. The number of rotatable bonds is 4. The van der Waals surface area contributed by atoms with E-state index in [-0.39, 0.29) is 11.9 Å². The van der Waals surface area contributed by atoms with Crippen molar-refractivity contribution in [3.05, 3.63) is 24.0 Å². The largest absolute Gasteiger partial charge is 0.347 e. The minimum atomic E-state index is -0.0106. The average molecular weight is 249 g/mol. The van der Waals surface area contributed by atoms with Crippen molar-refractivity contribution in [3.63, 3.8) is 0 Å². The number of hydrogen-bond acceptors (Lipinski definition) is 2. The number of nitrogens with zero attached hydrogens (tertiary/aromatic N) is 1. The lowest BCUT2D eigenvalue weighted by Gasteiger charge is -2.30. The Morgan fingerprint density at radius 3 is 2.78 bits per heavy atom. The molecule has 0 spiro atoms. The van der Waals surface area contributed by atoms with Crippen molar-refractivity contribution in [1.29, 1.82) is 0 Å². The van der Waals surface area contributed by atoms with Crippen LogP contribution < -0.4 is 11.1 Å². The summed E-state index contributed by atoms with van der Waals surface area (Å²) in [7, 11) is 1.88. The second-order valence-electron chi connectivity index (χ2n) is 5.22. The van der Waals surface area contributed by atoms with Gasteiger partial charge in [-0.1, -0.05) is 19.3 Å². The minimum Gasteiger partial charge on any atom is -0.347 e. The highest BCUT2D eigenvalue weighted by atomic mass is 16.2. The van der Waals surface area contributed by atoms with E-state index in [4.69, 9.17) is 5.73 Å². The van der Waals surface area contributed by atoms with E-state index in [1.54, 1.807) is 0 Å². The van der Waals surface area contributed by atoms with Gasteiger partial charge in [0.15, 0.2) is 0 Å². The van der Waals surface area contributed by atoms with Crippen molar-refractivity contribution < 1.29 is 4.79 Å². The summed E-state index contributed by atoms with van der Waals surface area (Å²) in [4.78, 5) is 12.2. The number of aromatic nitrogens is 1. The summed E-state index contributed by atoms with van der Waals surface area (Å²) in [5.74, 6) is 0.538. The minimum absolute atomic E-state index is 0.0106. The Kier molecular flexibility index (Phi) is 4.42. The molecule has 1 unspecified atom stereocenters. The third-order valence-electron chi connectivity index (χ3n) is 3.97. The van der Waals surface area contributed by atoms with E-state index in [1.807, 2.05) is 29.9 Å². The third kappa shape index (κ3) is 2.93. The molecule has 1 saturated carbocycles. The zero-order chi connectivity index (χ0) is 13.0. The highest BCUT2D eigenvalue weighted by Crippen LogP contribution is 2.26. The molecule has 2 rings (SSSR count). The molecule has 1 aromatic rings. The van der Waals surface area contributed by atoms with Crippen LogP contribution in [0.2, 0.25) is 0 Å². The Balaban J connectivity index is 1.97. The number of carbonyl (C=O) groups excluding carboxylic acids is 1. The molecule has 1 aliphatic carbocycles. The zero-order valence-electron chi connectivity index (χ0n) is 11.1. The summed E-state index contributed by atoms with van der Waals surface area (Å²) in [5.41, 5.74) is 6.52. The Bertz CT molecular complexity index is 393. The van der Waals surface area contributed by atoms with Crippen LogP contribution >= 0.6 is 0 Å². The maximum absolute atomic E-state index is 12.2. The van der Waals surface area contributed by atoms with Crippen LogP contribution in [0.5, 0.6) is 0 Å². The van der Waals surface area contributed by atoms with Crippen LogP contribution in [0.3, 0.4) is 0 Å². The van der Waals surface area contributed by atoms with Gasteiger partial charge in [0.1, 0.15) is 5.69 Å². The van der Waals surface area contributed by atoms with Crippen LogP contribution in [0, 0.1) is 5.92 Å². The van der Waals surface area contributed by atoms with Crippen molar-refractivity contribution in [1.82, 2.24) is 9.88 Å². The molecule has 1 amide bonds. The van der Waals surface area contributed by atoms with Gasteiger partial charge in [-0.15, -0.1) is 0 Å². The summed E-state index contributed by atoms with van der Waals surface area (Å²) in [6, 6.07) is 3.84. The van der Waals surface area contributed by atoms with E-state index in [1.165, 1.54) is 32.1 Å². The second kappa shape index (κ2) is 6.05. The molecule has 1 aliphatic rings. The van der Waals surface area contributed by atoms with Gasteiger partial charge in [0.25, 0.3) is 5.91 Å². The first-order valence-electron chi connectivity index (χ1n) is 6.84. The molecule has 1 heterocycles. The van der Waals surface area contributed by atoms with Gasteiger partial charge < -0.3 is 15.6 Å². The number of nitrogens with one attached hydrogen (secondary N) is 1. The monoisotopic (exact) mass is 249 g/mol. The van der Waals surface area contributed by atoms with Crippen molar-refractivity contribution in [2.75, 3.05) is 6.54 Å². The quantitative estimate of drug-likeness (QED) is 0.852. The Labute approximate surface area is 109 Å². The fourth-order valence-corrected chi connectivity index (χ4v) is 2.85. The molecule has 1 atom stereocenters. The van der Waals surface area contributed by atoms with E-state index >= 15 is 0 Å². The summed E-state index contributed by atoms with van der Waals surface area (Å²) in [6.07, 6.45) is 8.11. The standard InChI is InChI=1S/C14H23N3O/c1-17-9-5-8-13(17)14(18)16-12(10-15)11-6-3-2-4-7-11/h5,8-9,11-12H,2-4,6-7,10,15H2,1H3,(H,16,18). The molecule has 1 aromatic heterocycles. The molecule has 4 heteroatoms. The van der Waals surface area contributed by atoms with Gasteiger partial charge >= 0.3 is 0 Å². The lowest BCUT2D eigenvalue weighted by atomic mass is 9.84. The number of carbonyl (C=O) groups is 1. The number of amides is 1. The predicted molar refractivity (Wildman–Crippen MR) is 72.3 cm³/mol. The first kappa shape index (κ1) is 13.1. The van der Waals surface area contributed by atoms with E-state index in [0.29, 0.717) is 18.2 Å². The normalized spacial score (nSPS) is 18.6. The van der Waals surface area contributed by atoms with E-state index in [9.17, 15) is 4.79 Å². The van der Waals surface area contributed by atoms with E-state index < -0.39 is 0 Å². The Hall–Kier alpha value is -1.29. The maximum Gasteiger partial charge on any atom is 0.268 e. The lowest BCUT2D eigenvalue weighted by molar-refractivity contribution is 0.0907. The Morgan fingerprint density at radius 2 is 2.22 bits per heavy atom. The third-order valence-corrected chi connectivity index (χ3v) is 3.97. The molecule has 0 bridgehead atoms. The summed E-state index contributed by atoms with van der Waals surface area (Å²) in [6.45, 7) is 0.529. The smallest absolute Gasteiger partial charge is 0.268 e. The highest BCUT2D eigenvalue weighted by molar-refractivity contribution is 5.92. The van der Waals surface area contributed by atoms with Gasteiger partial charge in [0.2, 0.25) is 0 Å². The molecule has 18 heavy (non-hydrogen) atoms. The number of nitrogens with two attached hydrogens (primary N) is 1. The van der Waals surface area contributed by atoms with Crippen LogP contribution in [0.25, 0.3) is 0 Å². The lowest BCUT2D eigenvalue weighted by Crippen LogP contribution is -2.46. The highest BCUT2D eigenvalue weighted by Gasteiger charge is 2.24. The van der Waals surface area contributed by atoms with Gasteiger partial charge in [0.05, 0.1) is 0 Å². The maximum atomic E-state index is 12.2. The van der Waals surface area contributed by atoms with Gasteiger partial charge in [-0.2, -0.15) is 0 Å².